The first-order chi connectivity index (χ1) is 9.06. The lowest BCUT2D eigenvalue weighted by Gasteiger charge is -2.08. The Kier molecular flexibility index (Phi) is 3.85. The van der Waals surface area contributed by atoms with Gasteiger partial charge in [0.2, 0.25) is 0 Å². The lowest BCUT2D eigenvalue weighted by atomic mass is 10.1. The maximum atomic E-state index is 12.0. The second-order valence-electron chi connectivity index (χ2n) is 4.67. The first-order valence-corrected chi connectivity index (χ1v) is 6.19. The number of benzene rings is 2. The average molecular weight is 255 g/mol. The van der Waals surface area contributed by atoms with Gasteiger partial charge >= 0.3 is 0 Å². The summed E-state index contributed by atoms with van der Waals surface area (Å²) in [4.78, 5) is 12.0. The van der Waals surface area contributed by atoms with Crippen LogP contribution in [-0.2, 0) is 6.54 Å². The second-order valence-corrected chi connectivity index (χ2v) is 4.67. The minimum absolute atomic E-state index is 0.126. The Bertz CT molecular complexity index is 605. The molecular weight excluding hydrogens is 238 g/mol. The summed E-state index contributed by atoms with van der Waals surface area (Å²) in [5.74, 6) is 0.0479. The summed E-state index contributed by atoms with van der Waals surface area (Å²) in [6.07, 6.45) is 0. The maximum absolute atomic E-state index is 12.0. The van der Waals surface area contributed by atoms with Crippen molar-refractivity contribution in [1.82, 2.24) is 5.32 Å². The van der Waals surface area contributed by atoms with Gasteiger partial charge in [-0.25, -0.2) is 0 Å². The van der Waals surface area contributed by atoms with Crippen LogP contribution in [0.2, 0.25) is 0 Å². The highest BCUT2D eigenvalue weighted by Gasteiger charge is 2.08. The number of phenols is 1. The van der Waals surface area contributed by atoms with Crippen LogP contribution in [0.4, 0.5) is 0 Å². The zero-order valence-electron chi connectivity index (χ0n) is 11.1. The van der Waals surface area contributed by atoms with Crippen molar-refractivity contribution in [3.8, 4) is 5.75 Å². The molecule has 0 unspecified atom stereocenters. The minimum atomic E-state index is -0.126. The molecule has 0 spiro atoms. The van der Waals surface area contributed by atoms with Crippen LogP contribution >= 0.6 is 0 Å². The van der Waals surface area contributed by atoms with E-state index < -0.39 is 0 Å². The molecule has 0 aliphatic carbocycles. The predicted octanol–water partition coefficient (Wildman–Crippen LogP) is 2.94. The molecule has 0 heterocycles. The predicted molar refractivity (Wildman–Crippen MR) is 75.2 cm³/mol. The van der Waals surface area contributed by atoms with E-state index in [0.717, 1.165) is 11.1 Å². The van der Waals surface area contributed by atoms with Crippen LogP contribution in [0.15, 0.2) is 42.5 Å². The molecule has 2 rings (SSSR count). The summed E-state index contributed by atoms with van der Waals surface area (Å²) in [5, 5.41) is 12.2. The van der Waals surface area contributed by atoms with Gasteiger partial charge in [0.15, 0.2) is 0 Å². The van der Waals surface area contributed by atoms with Crippen LogP contribution in [0.5, 0.6) is 5.75 Å². The number of phenolic OH excluding ortho intramolecular Hbond substituents is 1. The Balaban J connectivity index is 2.05. The van der Waals surface area contributed by atoms with Crippen molar-refractivity contribution in [2.75, 3.05) is 0 Å². The maximum Gasteiger partial charge on any atom is 0.251 e. The Labute approximate surface area is 112 Å². The number of amides is 1. The smallest absolute Gasteiger partial charge is 0.251 e. The van der Waals surface area contributed by atoms with Gasteiger partial charge in [-0.3, -0.25) is 4.79 Å². The Morgan fingerprint density at radius 1 is 1.16 bits per heavy atom. The molecule has 19 heavy (non-hydrogen) atoms. The zero-order valence-corrected chi connectivity index (χ0v) is 11.1. The van der Waals surface area contributed by atoms with E-state index in [9.17, 15) is 9.90 Å². The SMILES string of the molecule is Cc1cccc(CNC(=O)c2ccc(O)cc2C)c1. The van der Waals surface area contributed by atoms with Crippen LogP contribution in [-0.4, -0.2) is 11.0 Å². The van der Waals surface area contributed by atoms with Crippen molar-refractivity contribution < 1.29 is 9.90 Å². The van der Waals surface area contributed by atoms with Gasteiger partial charge in [0.05, 0.1) is 0 Å². The van der Waals surface area contributed by atoms with E-state index in [0.29, 0.717) is 12.1 Å². The van der Waals surface area contributed by atoms with E-state index in [1.54, 1.807) is 19.1 Å². The van der Waals surface area contributed by atoms with Crippen molar-refractivity contribution in [1.29, 1.82) is 0 Å². The van der Waals surface area contributed by atoms with E-state index in [-0.39, 0.29) is 11.7 Å². The van der Waals surface area contributed by atoms with Crippen LogP contribution in [0, 0.1) is 13.8 Å². The van der Waals surface area contributed by atoms with Crippen molar-refractivity contribution in [2.45, 2.75) is 20.4 Å². The highest BCUT2D eigenvalue weighted by atomic mass is 16.3. The van der Waals surface area contributed by atoms with Crippen molar-refractivity contribution in [3.63, 3.8) is 0 Å². The molecule has 2 aromatic rings. The lowest BCUT2D eigenvalue weighted by Crippen LogP contribution is -2.23. The molecule has 0 radical (unpaired) electrons. The van der Waals surface area contributed by atoms with E-state index in [1.165, 1.54) is 11.6 Å². The second kappa shape index (κ2) is 5.57. The van der Waals surface area contributed by atoms with Gasteiger partial charge in [0.25, 0.3) is 5.91 Å². The van der Waals surface area contributed by atoms with Crippen LogP contribution in [0.25, 0.3) is 0 Å². The molecule has 0 aliphatic rings. The van der Waals surface area contributed by atoms with E-state index in [2.05, 4.69) is 5.32 Å². The summed E-state index contributed by atoms with van der Waals surface area (Å²) < 4.78 is 0. The fourth-order valence-corrected chi connectivity index (χ4v) is 2.00. The fourth-order valence-electron chi connectivity index (χ4n) is 2.00. The molecular formula is C16H17NO2. The summed E-state index contributed by atoms with van der Waals surface area (Å²) in [6, 6.07) is 12.8. The quantitative estimate of drug-likeness (QED) is 0.886. The molecule has 3 nitrogen and oxygen atoms in total. The fraction of sp³-hybridized carbons (Fsp3) is 0.188. The molecule has 0 bridgehead atoms. The number of rotatable bonds is 3. The van der Waals surface area contributed by atoms with Gasteiger partial charge in [-0.1, -0.05) is 29.8 Å². The highest BCUT2D eigenvalue weighted by Crippen LogP contribution is 2.15. The summed E-state index contributed by atoms with van der Waals surface area (Å²) in [7, 11) is 0. The summed E-state index contributed by atoms with van der Waals surface area (Å²) in [5.41, 5.74) is 3.60. The van der Waals surface area contributed by atoms with Crippen LogP contribution < -0.4 is 5.32 Å². The number of carbonyl (C=O) groups excluding carboxylic acids is 1. The largest absolute Gasteiger partial charge is 0.508 e. The normalized spacial score (nSPS) is 10.2. The van der Waals surface area contributed by atoms with Gasteiger partial charge in [0, 0.05) is 12.1 Å². The Morgan fingerprint density at radius 3 is 2.63 bits per heavy atom. The first kappa shape index (κ1) is 13.1. The molecule has 0 saturated heterocycles. The third-order valence-corrected chi connectivity index (χ3v) is 2.99. The number of hydrogen-bond acceptors (Lipinski definition) is 2. The Hall–Kier alpha value is -2.29. The number of aryl methyl sites for hydroxylation is 2. The van der Waals surface area contributed by atoms with Gasteiger partial charge in [-0.05, 0) is 43.2 Å². The van der Waals surface area contributed by atoms with Gasteiger partial charge in [-0.2, -0.15) is 0 Å². The molecule has 0 fully saturated rings. The topological polar surface area (TPSA) is 49.3 Å². The zero-order chi connectivity index (χ0) is 13.8. The monoisotopic (exact) mass is 255 g/mol. The van der Waals surface area contributed by atoms with E-state index in [1.807, 2.05) is 31.2 Å². The number of hydrogen-bond donors (Lipinski definition) is 2. The highest BCUT2D eigenvalue weighted by molar-refractivity contribution is 5.95. The van der Waals surface area contributed by atoms with Crippen molar-refractivity contribution in [3.05, 3.63) is 64.7 Å². The molecule has 0 aliphatic heterocycles. The number of nitrogens with one attached hydrogen (secondary N) is 1. The molecule has 0 atom stereocenters. The van der Waals surface area contributed by atoms with Gasteiger partial charge in [0.1, 0.15) is 5.75 Å². The standard InChI is InChI=1S/C16H17NO2/c1-11-4-3-5-13(8-11)10-17-16(19)15-7-6-14(18)9-12(15)2/h3-9,18H,10H2,1-2H3,(H,17,19). The number of aromatic hydroxyl groups is 1. The summed E-state index contributed by atoms with van der Waals surface area (Å²) >= 11 is 0. The molecule has 1 amide bonds. The molecule has 2 aromatic carbocycles. The third kappa shape index (κ3) is 3.35. The third-order valence-electron chi connectivity index (χ3n) is 2.99. The molecule has 2 N–H and O–H groups in total. The van der Waals surface area contributed by atoms with E-state index >= 15 is 0 Å². The summed E-state index contributed by atoms with van der Waals surface area (Å²) in [6.45, 7) is 4.33. The van der Waals surface area contributed by atoms with Crippen LogP contribution in [0.1, 0.15) is 27.0 Å². The molecule has 0 aromatic heterocycles. The molecule has 98 valence electrons. The van der Waals surface area contributed by atoms with Crippen LogP contribution in [0.3, 0.4) is 0 Å². The lowest BCUT2D eigenvalue weighted by molar-refractivity contribution is 0.0950. The van der Waals surface area contributed by atoms with Crippen molar-refractivity contribution >= 4 is 5.91 Å². The molecule has 0 saturated carbocycles. The van der Waals surface area contributed by atoms with Gasteiger partial charge in [-0.15, -0.1) is 0 Å². The van der Waals surface area contributed by atoms with E-state index in [4.69, 9.17) is 0 Å². The van der Waals surface area contributed by atoms with Crippen molar-refractivity contribution in [2.24, 2.45) is 0 Å². The first-order valence-electron chi connectivity index (χ1n) is 6.19. The van der Waals surface area contributed by atoms with Gasteiger partial charge < -0.3 is 10.4 Å². The molecule has 3 heteroatoms. The minimum Gasteiger partial charge on any atom is -0.508 e. The Morgan fingerprint density at radius 2 is 1.95 bits per heavy atom. The average Bonchev–Trinajstić information content (AvgIpc) is 2.36. The number of carbonyl (C=O) groups is 1.